The van der Waals surface area contributed by atoms with Crippen LogP contribution in [0, 0.1) is 0 Å². The molecule has 2 aliphatic heterocycles. The highest BCUT2D eigenvalue weighted by molar-refractivity contribution is 8.00. The van der Waals surface area contributed by atoms with Crippen LogP contribution in [-0.2, 0) is 14.6 Å². The molecule has 2 aliphatic rings. The Hall–Kier alpha value is -0.630. The summed E-state index contributed by atoms with van der Waals surface area (Å²) in [7, 11) is -3.21. The normalized spacial score (nSPS) is 31.2. The van der Waals surface area contributed by atoms with Gasteiger partial charge in [0.05, 0.1) is 11.5 Å². The van der Waals surface area contributed by atoms with Crippen molar-refractivity contribution in [2.45, 2.75) is 54.3 Å². The van der Waals surface area contributed by atoms with Crippen molar-refractivity contribution in [1.29, 1.82) is 0 Å². The summed E-state index contributed by atoms with van der Waals surface area (Å²) in [4.78, 5) is 0.282. The van der Waals surface area contributed by atoms with Crippen LogP contribution >= 0.6 is 11.8 Å². The molecule has 134 valence electrons. The van der Waals surface area contributed by atoms with E-state index in [1.54, 1.807) is 24.3 Å². The lowest BCUT2D eigenvalue weighted by Gasteiger charge is -2.34. The minimum absolute atomic E-state index is 0.149. The fourth-order valence-electron chi connectivity index (χ4n) is 3.24. The van der Waals surface area contributed by atoms with Gasteiger partial charge in [-0.1, -0.05) is 12.1 Å². The maximum Gasteiger partial charge on any atom is 0.175 e. The van der Waals surface area contributed by atoms with Gasteiger partial charge >= 0.3 is 0 Å². The second-order valence-electron chi connectivity index (χ2n) is 6.59. The van der Waals surface area contributed by atoms with Gasteiger partial charge < -0.3 is 4.74 Å². The Morgan fingerprint density at radius 1 is 1.29 bits per heavy atom. The van der Waals surface area contributed by atoms with Gasteiger partial charge in [-0.2, -0.15) is 11.8 Å². The maximum absolute atomic E-state index is 14.1. The average Bonchev–Trinajstić information content (AvgIpc) is 3.05. The van der Waals surface area contributed by atoms with Crippen molar-refractivity contribution in [1.82, 2.24) is 5.32 Å². The number of benzene rings is 1. The molecule has 0 spiro atoms. The van der Waals surface area contributed by atoms with E-state index in [1.807, 2.05) is 11.8 Å². The molecule has 0 saturated carbocycles. The van der Waals surface area contributed by atoms with E-state index in [0.717, 1.165) is 5.56 Å². The molecule has 0 amide bonds. The maximum atomic E-state index is 14.1. The van der Waals surface area contributed by atoms with Crippen molar-refractivity contribution in [3.8, 4) is 0 Å². The molecular weight excluding hydrogens is 349 g/mol. The highest BCUT2D eigenvalue weighted by Crippen LogP contribution is 2.30. The van der Waals surface area contributed by atoms with E-state index in [-0.39, 0.29) is 17.2 Å². The largest absolute Gasteiger partial charge is 0.362 e. The predicted molar refractivity (Wildman–Crippen MR) is 94.8 cm³/mol. The average molecular weight is 374 g/mol. The topological polar surface area (TPSA) is 55.4 Å². The first kappa shape index (κ1) is 18.2. The third-order valence-electron chi connectivity index (χ3n) is 4.57. The predicted octanol–water partition coefficient (Wildman–Crippen LogP) is 3.09. The lowest BCUT2D eigenvalue weighted by Crippen LogP contribution is -2.43. The smallest absolute Gasteiger partial charge is 0.175 e. The number of alkyl halides is 1. The summed E-state index contributed by atoms with van der Waals surface area (Å²) in [5, 5.41) is 3.89. The third-order valence-corrected chi connectivity index (χ3v) is 7.06. The first-order valence-corrected chi connectivity index (χ1v) is 11.3. The molecular formula is C17H24FNO3S2. The Labute approximate surface area is 147 Å². The van der Waals surface area contributed by atoms with Crippen LogP contribution < -0.4 is 5.32 Å². The molecule has 1 N–H and O–H groups in total. The first-order chi connectivity index (χ1) is 11.4. The summed E-state index contributed by atoms with van der Waals surface area (Å²) >= 11 is 1.93. The highest BCUT2D eigenvalue weighted by atomic mass is 32.2. The zero-order chi connectivity index (χ0) is 17.2. The number of ether oxygens (including phenoxy) is 1. The molecule has 2 saturated heterocycles. The van der Waals surface area contributed by atoms with E-state index in [4.69, 9.17) is 4.74 Å². The van der Waals surface area contributed by atoms with E-state index in [2.05, 4.69) is 5.32 Å². The molecule has 2 heterocycles. The van der Waals surface area contributed by atoms with Gasteiger partial charge in [0, 0.05) is 24.0 Å². The Morgan fingerprint density at radius 3 is 2.67 bits per heavy atom. The highest BCUT2D eigenvalue weighted by Gasteiger charge is 2.30. The second kappa shape index (κ2) is 7.72. The summed E-state index contributed by atoms with van der Waals surface area (Å²) in [6.07, 6.45) is 3.15. The Balaban J connectivity index is 1.62. The van der Waals surface area contributed by atoms with Crippen molar-refractivity contribution < 1.29 is 17.5 Å². The number of nitrogens with one attached hydrogen (secondary N) is 1. The number of thioether (sulfide) groups is 1. The number of sulfone groups is 1. The van der Waals surface area contributed by atoms with Gasteiger partial charge in [-0.05, 0) is 42.7 Å². The van der Waals surface area contributed by atoms with Crippen molar-refractivity contribution in [2.75, 3.05) is 18.6 Å². The van der Waals surface area contributed by atoms with Gasteiger partial charge in [-0.25, -0.2) is 12.8 Å². The molecule has 0 aromatic heterocycles. The number of hydrogen-bond donors (Lipinski definition) is 1. The molecule has 0 aliphatic carbocycles. The van der Waals surface area contributed by atoms with E-state index < -0.39 is 16.0 Å². The lowest BCUT2D eigenvalue weighted by atomic mass is 9.95. The molecule has 0 bridgehead atoms. The summed E-state index contributed by atoms with van der Waals surface area (Å²) in [6, 6.07) is 6.54. The zero-order valence-corrected chi connectivity index (χ0v) is 15.4. The quantitative estimate of drug-likeness (QED) is 0.860. The summed E-state index contributed by atoms with van der Waals surface area (Å²) in [5.41, 5.74) is 0.897. The molecule has 1 aromatic carbocycles. The fraction of sp³-hybridized carbons (Fsp3) is 0.647. The Kier molecular flexibility index (Phi) is 5.85. The van der Waals surface area contributed by atoms with E-state index in [9.17, 15) is 12.8 Å². The number of halogens is 1. The van der Waals surface area contributed by atoms with Crippen molar-refractivity contribution in [3.05, 3.63) is 29.8 Å². The van der Waals surface area contributed by atoms with Crippen LogP contribution in [-0.4, -0.2) is 44.7 Å². The molecule has 0 radical (unpaired) electrons. The monoisotopic (exact) mass is 373 g/mol. The van der Waals surface area contributed by atoms with Crippen LogP contribution in [0.25, 0.3) is 0 Å². The minimum atomic E-state index is -3.21. The number of hydrogen-bond acceptors (Lipinski definition) is 5. The van der Waals surface area contributed by atoms with Crippen molar-refractivity contribution in [2.24, 2.45) is 0 Å². The molecule has 4 nitrogen and oxygen atoms in total. The van der Waals surface area contributed by atoms with E-state index in [0.29, 0.717) is 24.7 Å². The molecule has 4 atom stereocenters. The van der Waals surface area contributed by atoms with Crippen LogP contribution in [0.15, 0.2) is 29.2 Å². The molecule has 24 heavy (non-hydrogen) atoms. The third kappa shape index (κ3) is 4.71. The van der Waals surface area contributed by atoms with Crippen molar-refractivity contribution in [3.63, 3.8) is 0 Å². The number of rotatable bonds is 5. The fourth-order valence-corrected chi connectivity index (χ4v) is 5.05. The molecule has 7 heteroatoms. The van der Waals surface area contributed by atoms with Gasteiger partial charge in [-0.15, -0.1) is 0 Å². The van der Waals surface area contributed by atoms with Gasteiger partial charge in [0.15, 0.2) is 9.84 Å². The van der Waals surface area contributed by atoms with Crippen molar-refractivity contribution >= 4 is 21.6 Å². The van der Waals surface area contributed by atoms with E-state index >= 15 is 0 Å². The second-order valence-corrected chi connectivity index (χ2v) is 10.0. The van der Waals surface area contributed by atoms with Crippen LogP contribution in [0.4, 0.5) is 4.39 Å². The van der Waals surface area contributed by atoms with Crippen LogP contribution in [0.2, 0.25) is 0 Å². The van der Waals surface area contributed by atoms with Crippen LogP contribution in [0.1, 0.15) is 37.3 Å². The summed E-state index contributed by atoms with van der Waals surface area (Å²) in [5.74, 6) is 1.19. The summed E-state index contributed by atoms with van der Waals surface area (Å²) < 4.78 is 43.1. The SMILES string of the molecule is CS(=O)(=O)c1ccc(C2CC(F)CC(OCC3CCCS3)N2)cc1. The molecule has 3 rings (SSSR count). The Morgan fingerprint density at radius 2 is 2.04 bits per heavy atom. The Bertz CT molecular complexity index is 644. The lowest BCUT2D eigenvalue weighted by molar-refractivity contribution is -0.0225. The first-order valence-electron chi connectivity index (χ1n) is 8.35. The van der Waals surface area contributed by atoms with Gasteiger partial charge in [0.25, 0.3) is 0 Å². The van der Waals surface area contributed by atoms with E-state index in [1.165, 1.54) is 24.9 Å². The van der Waals surface area contributed by atoms with Gasteiger partial charge in [-0.3, -0.25) is 5.32 Å². The van der Waals surface area contributed by atoms with Crippen LogP contribution in [0.5, 0.6) is 0 Å². The summed E-state index contributed by atoms with van der Waals surface area (Å²) in [6.45, 7) is 0.661. The minimum Gasteiger partial charge on any atom is -0.362 e. The van der Waals surface area contributed by atoms with Gasteiger partial charge in [0.2, 0.25) is 0 Å². The standard InChI is InChI=1S/C17H24FNO3S2/c1-24(20,21)15-6-4-12(5-7-15)16-9-13(18)10-17(19-16)22-11-14-3-2-8-23-14/h4-7,13-14,16-17,19H,2-3,8-11H2,1H3. The number of piperidine rings is 1. The molecule has 2 fully saturated rings. The molecule has 1 aromatic rings. The zero-order valence-electron chi connectivity index (χ0n) is 13.8. The molecule has 4 unspecified atom stereocenters. The van der Waals surface area contributed by atoms with Crippen LogP contribution in [0.3, 0.4) is 0 Å². The van der Waals surface area contributed by atoms with Gasteiger partial charge in [0.1, 0.15) is 12.4 Å².